The van der Waals surface area contributed by atoms with Gasteiger partial charge in [0.05, 0.1) is 12.1 Å². The summed E-state index contributed by atoms with van der Waals surface area (Å²) in [5.41, 5.74) is 6.39. The fourth-order valence-electron chi connectivity index (χ4n) is 2.51. The molecular weight excluding hydrogens is 264 g/mol. The third-order valence-electron chi connectivity index (χ3n) is 3.89. The number of carbonyl (C=O) groups excluding carboxylic acids is 1. The molecule has 21 heavy (non-hydrogen) atoms. The Labute approximate surface area is 125 Å². The molecule has 5 nitrogen and oxygen atoms in total. The van der Waals surface area contributed by atoms with E-state index in [4.69, 9.17) is 5.73 Å². The van der Waals surface area contributed by atoms with Gasteiger partial charge in [0.25, 0.3) is 5.91 Å². The average molecular weight is 286 g/mol. The summed E-state index contributed by atoms with van der Waals surface area (Å²) < 4.78 is 0. The van der Waals surface area contributed by atoms with Crippen molar-refractivity contribution in [2.45, 2.75) is 31.8 Å². The highest BCUT2D eigenvalue weighted by atomic mass is 16.1. The number of hydrogen-bond donors (Lipinski definition) is 2. The topological polar surface area (TPSA) is 71.2 Å². The maximum Gasteiger partial charge on any atom is 0.271 e. The number of piperidine rings is 1. The van der Waals surface area contributed by atoms with Crippen molar-refractivity contribution in [3.8, 4) is 11.8 Å². The number of carbonyl (C=O) groups is 1. The molecule has 3 N–H and O–H groups in total. The summed E-state index contributed by atoms with van der Waals surface area (Å²) in [7, 11) is 2.11. The minimum atomic E-state index is -0.154. The van der Waals surface area contributed by atoms with Gasteiger partial charge in [-0.3, -0.25) is 4.79 Å². The average Bonchev–Trinajstić information content (AvgIpc) is 2.49. The molecule has 0 saturated carbocycles. The van der Waals surface area contributed by atoms with Crippen molar-refractivity contribution in [1.82, 2.24) is 15.2 Å². The molecular formula is C16H22N4O. The highest BCUT2D eigenvalue weighted by molar-refractivity contribution is 5.94. The zero-order chi connectivity index (χ0) is 15.2. The van der Waals surface area contributed by atoms with Crippen molar-refractivity contribution in [3.63, 3.8) is 0 Å². The van der Waals surface area contributed by atoms with E-state index in [1.807, 2.05) is 0 Å². The summed E-state index contributed by atoms with van der Waals surface area (Å²) in [6, 6.07) is 4.24. The SMILES string of the molecule is CC1CC(NC(=O)c2ncccc2C#CCN)CCN1C. The molecule has 0 aromatic carbocycles. The van der Waals surface area contributed by atoms with Crippen LogP contribution in [-0.2, 0) is 0 Å². The molecule has 1 aliphatic heterocycles. The molecule has 2 atom stereocenters. The second-order valence-electron chi connectivity index (χ2n) is 5.43. The Morgan fingerprint density at radius 2 is 2.43 bits per heavy atom. The van der Waals surface area contributed by atoms with Gasteiger partial charge in [0, 0.05) is 24.8 Å². The minimum Gasteiger partial charge on any atom is -0.348 e. The van der Waals surface area contributed by atoms with Gasteiger partial charge in [-0.15, -0.1) is 0 Å². The summed E-state index contributed by atoms with van der Waals surface area (Å²) in [5.74, 6) is 5.51. The van der Waals surface area contributed by atoms with Crippen LogP contribution in [0.5, 0.6) is 0 Å². The fourth-order valence-corrected chi connectivity index (χ4v) is 2.51. The lowest BCUT2D eigenvalue weighted by molar-refractivity contribution is 0.0891. The molecule has 0 radical (unpaired) electrons. The monoisotopic (exact) mass is 286 g/mol. The zero-order valence-electron chi connectivity index (χ0n) is 12.6. The van der Waals surface area contributed by atoms with E-state index in [1.165, 1.54) is 0 Å². The third-order valence-corrected chi connectivity index (χ3v) is 3.89. The molecule has 1 aromatic heterocycles. The Hall–Kier alpha value is -1.90. The lowest BCUT2D eigenvalue weighted by atomic mass is 9.98. The Kier molecular flexibility index (Phi) is 5.32. The Balaban J connectivity index is 2.07. The minimum absolute atomic E-state index is 0.154. The van der Waals surface area contributed by atoms with Gasteiger partial charge in [0.2, 0.25) is 0 Å². The summed E-state index contributed by atoms with van der Waals surface area (Å²) in [4.78, 5) is 18.9. The smallest absolute Gasteiger partial charge is 0.271 e. The first kappa shape index (κ1) is 15.5. The zero-order valence-corrected chi connectivity index (χ0v) is 12.6. The van der Waals surface area contributed by atoms with Crippen molar-refractivity contribution in [1.29, 1.82) is 0 Å². The first-order valence-electron chi connectivity index (χ1n) is 7.27. The molecule has 1 aliphatic rings. The number of nitrogens with two attached hydrogens (primary N) is 1. The van der Waals surface area contributed by atoms with Crippen LogP contribution in [0.1, 0.15) is 35.8 Å². The summed E-state index contributed by atoms with van der Waals surface area (Å²) in [6.45, 7) is 3.44. The molecule has 1 amide bonds. The third kappa shape index (κ3) is 4.03. The quantitative estimate of drug-likeness (QED) is 0.781. The van der Waals surface area contributed by atoms with E-state index in [0.717, 1.165) is 19.4 Å². The van der Waals surface area contributed by atoms with Crippen LogP contribution in [0.2, 0.25) is 0 Å². The van der Waals surface area contributed by atoms with E-state index in [0.29, 0.717) is 17.3 Å². The number of nitrogens with one attached hydrogen (secondary N) is 1. The lowest BCUT2D eigenvalue weighted by Crippen LogP contribution is -2.47. The maximum atomic E-state index is 12.4. The van der Waals surface area contributed by atoms with Gasteiger partial charge in [0.15, 0.2) is 0 Å². The largest absolute Gasteiger partial charge is 0.348 e. The second-order valence-corrected chi connectivity index (χ2v) is 5.43. The molecule has 2 heterocycles. The highest BCUT2D eigenvalue weighted by Crippen LogP contribution is 2.16. The van der Waals surface area contributed by atoms with Crippen LogP contribution >= 0.6 is 0 Å². The Bertz CT molecular complexity index is 561. The van der Waals surface area contributed by atoms with E-state index in [9.17, 15) is 4.79 Å². The highest BCUT2D eigenvalue weighted by Gasteiger charge is 2.25. The van der Waals surface area contributed by atoms with Crippen molar-refractivity contribution in [3.05, 3.63) is 29.6 Å². The summed E-state index contributed by atoms with van der Waals surface area (Å²) in [6.07, 6.45) is 3.53. The molecule has 0 aliphatic carbocycles. The summed E-state index contributed by atoms with van der Waals surface area (Å²) in [5, 5.41) is 3.08. The first-order valence-corrected chi connectivity index (χ1v) is 7.27. The number of hydrogen-bond acceptors (Lipinski definition) is 4. The van der Waals surface area contributed by atoms with E-state index in [2.05, 4.69) is 41.0 Å². The first-order chi connectivity index (χ1) is 10.1. The van der Waals surface area contributed by atoms with E-state index in [-0.39, 0.29) is 18.5 Å². The van der Waals surface area contributed by atoms with Crippen molar-refractivity contribution in [2.75, 3.05) is 20.1 Å². The van der Waals surface area contributed by atoms with Gasteiger partial charge in [0.1, 0.15) is 5.69 Å². The van der Waals surface area contributed by atoms with E-state index in [1.54, 1.807) is 18.3 Å². The van der Waals surface area contributed by atoms with Crippen molar-refractivity contribution < 1.29 is 4.79 Å². The molecule has 0 spiro atoms. The van der Waals surface area contributed by atoms with Crippen LogP contribution in [0, 0.1) is 11.8 Å². The van der Waals surface area contributed by atoms with Gasteiger partial charge < -0.3 is 16.0 Å². The van der Waals surface area contributed by atoms with Crippen LogP contribution in [-0.4, -0.2) is 48.0 Å². The van der Waals surface area contributed by atoms with Crippen LogP contribution in [0.4, 0.5) is 0 Å². The number of likely N-dealkylation sites (tertiary alicyclic amines) is 1. The van der Waals surface area contributed by atoms with Gasteiger partial charge in [-0.2, -0.15) is 0 Å². The van der Waals surface area contributed by atoms with Crippen LogP contribution < -0.4 is 11.1 Å². The fraction of sp³-hybridized carbons (Fsp3) is 0.500. The van der Waals surface area contributed by atoms with Crippen molar-refractivity contribution >= 4 is 5.91 Å². The summed E-state index contributed by atoms with van der Waals surface area (Å²) >= 11 is 0. The molecule has 2 rings (SSSR count). The molecule has 2 unspecified atom stereocenters. The normalized spacial score (nSPS) is 22.2. The van der Waals surface area contributed by atoms with Crippen LogP contribution in [0.3, 0.4) is 0 Å². The van der Waals surface area contributed by atoms with Gasteiger partial charge >= 0.3 is 0 Å². The van der Waals surface area contributed by atoms with Gasteiger partial charge in [-0.25, -0.2) is 4.98 Å². The van der Waals surface area contributed by atoms with Gasteiger partial charge in [-0.05, 0) is 38.9 Å². The molecule has 1 saturated heterocycles. The second kappa shape index (κ2) is 7.21. The van der Waals surface area contributed by atoms with E-state index < -0.39 is 0 Å². The Morgan fingerprint density at radius 1 is 1.62 bits per heavy atom. The predicted octanol–water partition coefficient (Wildman–Crippen LogP) is 0.604. The number of amides is 1. The van der Waals surface area contributed by atoms with Gasteiger partial charge in [-0.1, -0.05) is 11.8 Å². The van der Waals surface area contributed by atoms with Crippen LogP contribution in [0.25, 0.3) is 0 Å². The number of rotatable bonds is 2. The van der Waals surface area contributed by atoms with E-state index >= 15 is 0 Å². The van der Waals surface area contributed by atoms with Crippen molar-refractivity contribution in [2.24, 2.45) is 5.73 Å². The maximum absolute atomic E-state index is 12.4. The molecule has 0 bridgehead atoms. The molecule has 1 aromatic rings. The van der Waals surface area contributed by atoms with Crippen LogP contribution in [0.15, 0.2) is 18.3 Å². The number of pyridine rings is 1. The molecule has 112 valence electrons. The molecule has 1 fully saturated rings. The lowest BCUT2D eigenvalue weighted by Gasteiger charge is -2.35. The standard InChI is InChI=1S/C16H22N4O/c1-12-11-14(7-10-20(12)2)19-16(21)15-13(5-3-8-17)6-4-9-18-15/h4,6,9,12,14H,7-8,10-11,17H2,1-2H3,(H,19,21). The Morgan fingerprint density at radius 3 is 3.14 bits per heavy atom. The predicted molar refractivity (Wildman–Crippen MR) is 82.7 cm³/mol. The number of aromatic nitrogens is 1. The number of nitrogens with zero attached hydrogens (tertiary/aromatic N) is 2. The molecule has 5 heteroatoms.